The van der Waals surface area contributed by atoms with Crippen LogP contribution in [0.3, 0.4) is 0 Å². The molecule has 21 heavy (non-hydrogen) atoms. The Labute approximate surface area is 127 Å². The Bertz CT molecular complexity index is 597. The van der Waals surface area contributed by atoms with Gasteiger partial charge in [-0.3, -0.25) is 0 Å². The van der Waals surface area contributed by atoms with Gasteiger partial charge >= 0.3 is 0 Å². The van der Waals surface area contributed by atoms with E-state index < -0.39 is 11.6 Å². The fraction of sp³-hybridized carbons (Fsp3) is 0.438. The number of fused-ring (bicyclic) bond motifs is 1. The zero-order chi connectivity index (χ0) is 14.8. The van der Waals surface area contributed by atoms with Crippen molar-refractivity contribution in [2.24, 2.45) is 0 Å². The van der Waals surface area contributed by atoms with Crippen molar-refractivity contribution in [1.82, 2.24) is 10.3 Å². The maximum atomic E-state index is 13.5. The van der Waals surface area contributed by atoms with Crippen LogP contribution in [0, 0.1) is 11.6 Å². The molecule has 1 aliphatic rings. The van der Waals surface area contributed by atoms with Gasteiger partial charge in [-0.2, -0.15) is 0 Å². The standard InChI is InChI=1S/C16H18F2N2S/c1-2-6-19-15(10-7-11(17)9-12(18)8-10)16-20-13-4-3-5-14(13)21-16/h7-9,15,19H,2-6H2,1H3. The number of benzene rings is 1. The van der Waals surface area contributed by atoms with Crippen molar-refractivity contribution in [3.63, 3.8) is 0 Å². The van der Waals surface area contributed by atoms with Crippen molar-refractivity contribution in [1.29, 1.82) is 0 Å². The molecule has 1 aromatic heterocycles. The van der Waals surface area contributed by atoms with E-state index in [4.69, 9.17) is 4.98 Å². The number of hydrogen-bond donors (Lipinski definition) is 1. The fourth-order valence-electron chi connectivity index (χ4n) is 2.71. The molecule has 0 aliphatic heterocycles. The smallest absolute Gasteiger partial charge is 0.126 e. The Hall–Kier alpha value is -1.33. The van der Waals surface area contributed by atoms with Crippen LogP contribution in [0.5, 0.6) is 0 Å². The van der Waals surface area contributed by atoms with E-state index in [9.17, 15) is 8.78 Å². The van der Waals surface area contributed by atoms with Gasteiger partial charge in [0, 0.05) is 10.9 Å². The van der Waals surface area contributed by atoms with Gasteiger partial charge in [0.05, 0.1) is 11.7 Å². The van der Waals surface area contributed by atoms with Crippen LogP contribution in [0.1, 0.15) is 46.9 Å². The van der Waals surface area contributed by atoms with Crippen LogP contribution in [0.2, 0.25) is 0 Å². The van der Waals surface area contributed by atoms with Crippen molar-refractivity contribution in [2.45, 2.75) is 38.6 Å². The number of nitrogens with zero attached hydrogens (tertiary/aromatic N) is 1. The molecule has 1 atom stereocenters. The van der Waals surface area contributed by atoms with Gasteiger partial charge in [-0.25, -0.2) is 13.8 Å². The summed E-state index contributed by atoms with van der Waals surface area (Å²) in [7, 11) is 0. The van der Waals surface area contributed by atoms with Gasteiger partial charge in [0.1, 0.15) is 16.6 Å². The first-order valence-corrected chi connectivity index (χ1v) is 8.17. The average Bonchev–Trinajstić information content (AvgIpc) is 2.99. The monoisotopic (exact) mass is 308 g/mol. The number of aromatic nitrogens is 1. The molecule has 2 aromatic rings. The largest absolute Gasteiger partial charge is 0.304 e. The predicted octanol–water partition coefficient (Wildman–Crippen LogP) is 4.00. The first kappa shape index (κ1) is 14.6. The first-order valence-electron chi connectivity index (χ1n) is 7.35. The minimum Gasteiger partial charge on any atom is -0.304 e. The third kappa shape index (κ3) is 3.14. The Morgan fingerprint density at radius 3 is 2.67 bits per heavy atom. The van der Waals surface area contributed by atoms with E-state index in [2.05, 4.69) is 12.2 Å². The molecule has 112 valence electrons. The van der Waals surface area contributed by atoms with E-state index in [1.807, 2.05) is 0 Å². The van der Waals surface area contributed by atoms with Gasteiger partial charge in [0.2, 0.25) is 0 Å². The van der Waals surface area contributed by atoms with Gasteiger partial charge in [-0.15, -0.1) is 11.3 Å². The van der Waals surface area contributed by atoms with Crippen molar-refractivity contribution < 1.29 is 8.78 Å². The lowest BCUT2D eigenvalue weighted by atomic mass is 10.1. The summed E-state index contributed by atoms with van der Waals surface area (Å²) < 4.78 is 27.0. The van der Waals surface area contributed by atoms with Crippen LogP contribution in [0.25, 0.3) is 0 Å². The molecule has 0 saturated carbocycles. The Morgan fingerprint density at radius 2 is 2.00 bits per heavy atom. The van der Waals surface area contributed by atoms with Crippen LogP contribution >= 0.6 is 11.3 Å². The highest BCUT2D eigenvalue weighted by molar-refractivity contribution is 7.11. The molecule has 0 fully saturated rings. The SMILES string of the molecule is CCCNC(c1cc(F)cc(F)c1)c1nc2c(s1)CCC2. The summed E-state index contributed by atoms with van der Waals surface area (Å²) in [6.07, 6.45) is 4.21. The second-order valence-corrected chi connectivity index (χ2v) is 6.48. The molecule has 5 heteroatoms. The van der Waals surface area contributed by atoms with Crippen LogP contribution in [0.15, 0.2) is 18.2 Å². The molecule has 1 unspecified atom stereocenters. The van der Waals surface area contributed by atoms with Gasteiger partial charge in [0.15, 0.2) is 0 Å². The van der Waals surface area contributed by atoms with Crippen molar-refractivity contribution >= 4 is 11.3 Å². The summed E-state index contributed by atoms with van der Waals surface area (Å²) in [5.41, 5.74) is 1.77. The van der Waals surface area contributed by atoms with Gasteiger partial charge < -0.3 is 5.32 Å². The highest BCUT2D eigenvalue weighted by atomic mass is 32.1. The molecule has 0 bridgehead atoms. The van der Waals surface area contributed by atoms with Crippen LogP contribution in [-0.4, -0.2) is 11.5 Å². The molecule has 0 saturated heterocycles. The maximum absolute atomic E-state index is 13.5. The Balaban J connectivity index is 1.96. The van der Waals surface area contributed by atoms with E-state index in [0.29, 0.717) is 5.56 Å². The molecule has 0 spiro atoms. The normalized spacial score (nSPS) is 15.2. The van der Waals surface area contributed by atoms with Crippen LogP contribution in [-0.2, 0) is 12.8 Å². The molecule has 1 aromatic carbocycles. The zero-order valence-corrected chi connectivity index (χ0v) is 12.8. The van der Waals surface area contributed by atoms with Gasteiger partial charge in [-0.1, -0.05) is 6.92 Å². The minimum absolute atomic E-state index is 0.231. The molecule has 1 aliphatic carbocycles. The quantitative estimate of drug-likeness (QED) is 0.903. The first-order chi connectivity index (χ1) is 10.2. The molecule has 0 amide bonds. The van der Waals surface area contributed by atoms with E-state index in [1.165, 1.54) is 17.0 Å². The molecule has 3 rings (SSSR count). The highest BCUT2D eigenvalue weighted by Gasteiger charge is 2.23. The van der Waals surface area contributed by atoms with E-state index >= 15 is 0 Å². The maximum Gasteiger partial charge on any atom is 0.126 e. The summed E-state index contributed by atoms with van der Waals surface area (Å²) in [6, 6.07) is 3.46. The lowest BCUT2D eigenvalue weighted by Crippen LogP contribution is -2.23. The molecule has 2 nitrogen and oxygen atoms in total. The number of thiazole rings is 1. The third-order valence-corrected chi connectivity index (χ3v) is 4.90. The van der Waals surface area contributed by atoms with Crippen molar-refractivity contribution in [2.75, 3.05) is 6.54 Å². The zero-order valence-electron chi connectivity index (χ0n) is 12.0. The second-order valence-electron chi connectivity index (χ2n) is 5.37. The molecular formula is C16H18F2N2S. The summed E-state index contributed by atoms with van der Waals surface area (Å²) >= 11 is 1.67. The summed E-state index contributed by atoms with van der Waals surface area (Å²) in [5.74, 6) is -1.09. The van der Waals surface area contributed by atoms with Crippen molar-refractivity contribution in [3.05, 3.63) is 51.0 Å². The number of nitrogens with one attached hydrogen (secondary N) is 1. The Kier molecular flexibility index (Phi) is 4.31. The molecule has 1 heterocycles. The minimum atomic E-state index is -0.544. The average molecular weight is 308 g/mol. The van der Waals surface area contributed by atoms with Crippen LogP contribution in [0.4, 0.5) is 8.78 Å². The topological polar surface area (TPSA) is 24.9 Å². The summed E-state index contributed by atoms with van der Waals surface area (Å²) in [4.78, 5) is 6.02. The van der Waals surface area contributed by atoms with E-state index in [0.717, 1.165) is 49.0 Å². The molecular weight excluding hydrogens is 290 g/mol. The summed E-state index contributed by atoms with van der Waals surface area (Å²) in [6.45, 7) is 2.85. The summed E-state index contributed by atoms with van der Waals surface area (Å²) in [5, 5.41) is 4.27. The van der Waals surface area contributed by atoms with Crippen molar-refractivity contribution in [3.8, 4) is 0 Å². The number of aryl methyl sites for hydroxylation is 2. The van der Waals surface area contributed by atoms with E-state index in [-0.39, 0.29) is 6.04 Å². The number of rotatable bonds is 5. The van der Waals surface area contributed by atoms with E-state index in [1.54, 1.807) is 11.3 Å². The van der Waals surface area contributed by atoms with Gasteiger partial charge in [0.25, 0.3) is 0 Å². The number of hydrogen-bond acceptors (Lipinski definition) is 3. The van der Waals surface area contributed by atoms with Gasteiger partial charge in [-0.05, 0) is 49.9 Å². The second kappa shape index (κ2) is 6.20. The molecule has 1 N–H and O–H groups in total. The molecule has 0 radical (unpaired) electrons. The number of halogens is 2. The lowest BCUT2D eigenvalue weighted by molar-refractivity contribution is 0.557. The van der Waals surface area contributed by atoms with Crippen LogP contribution < -0.4 is 5.32 Å². The Morgan fingerprint density at radius 1 is 1.24 bits per heavy atom. The predicted molar refractivity (Wildman–Crippen MR) is 80.6 cm³/mol. The highest BCUT2D eigenvalue weighted by Crippen LogP contribution is 2.33. The third-order valence-electron chi connectivity index (χ3n) is 3.68. The fourth-order valence-corrected chi connectivity index (χ4v) is 3.97. The lowest BCUT2D eigenvalue weighted by Gasteiger charge is -2.17.